The van der Waals surface area contributed by atoms with Crippen molar-refractivity contribution in [2.75, 3.05) is 32.9 Å². The molecule has 0 unspecified atom stereocenters. The molecule has 7 nitrogen and oxygen atoms in total. The lowest BCUT2D eigenvalue weighted by Gasteiger charge is -2.55. The number of rotatable bonds is 6. The van der Waals surface area contributed by atoms with E-state index in [2.05, 4.69) is 0 Å². The Kier molecular flexibility index (Phi) is 5.66. The van der Waals surface area contributed by atoms with Crippen molar-refractivity contribution in [3.8, 4) is 0 Å². The van der Waals surface area contributed by atoms with Gasteiger partial charge in [-0.2, -0.15) is 4.31 Å². The van der Waals surface area contributed by atoms with Crippen molar-refractivity contribution in [3.05, 3.63) is 29.3 Å². The van der Waals surface area contributed by atoms with E-state index in [0.29, 0.717) is 36.5 Å². The van der Waals surface area contributed by atoms with Gasteiger partial charge in [0, 0.05) is 18.5 Å². The second kappa shape index (κ2) is 8.22. The summed E-state index contributed by atoms with van der Waals surface area (Å²) in [5.74, 6) is 1.33. The predicted octanol–water partition coefficient (Wildman–Crippen LogP) is 2.96. The molecule has 0 radical (unpaired) electrons. The van der Waals surface area contributed by atoms with E-state index < -0.39 is 16.0 Å². The maximum atomic E-state index is 13.2. The Balaban J connectivity index is 1.28. The normalized spacial score (nSPS) is 32.1. The number of ketones is 1. The summed E-state index contributed by atoms with van der Waals surface area (Å²) in [4.78, 5) is 26.1. The summed E-state index contributed by atoms with van der Waals surface area (Å²) in [6, 6.07) is 4.50. The van der Waals surface area contributed by atoms with Crippen molar-refractivity contribution in [3.63, 3.8) is 0 Å². The molecule has 0 spiro atoms. The van der Waals surface area contributed by atoms with E-state index >= 15 is 0 Å². The fourth-order valence-electron chi connectivity index (χ4n) is 6.73. The van der Waals surface area contributed by atoms with Crippen LogP contribution in [0, 0.1) is 30.1 Å². The third kappa shape index (κ3) is 3.90. The molecular formula is C24H31NO6S. The van der Waals surface area contributed by atoms with Crippen LogP contribution in [0.4, 0.5) is 0 Å². The first-order valence-corrected chi connectivity index (χ1v) is 13.1. The van der Waals surface area contributed by atoms with Gasteiger partial charge in [0.25, 0.3) is 0 Å². The van der Waals surface area contributed by atoms with Gasteiger partial charge in [0.05, 0.1) is 23.7 Å². The summed E-state index contributed by atoms with van der Waals surface area (Å²) in [6.45, 7) is 2.79. The minimum Gasteiger partial charge on any atom is -0.454 e. The molecule has 32 heavy (non-hydrogen) atoms. The van der Waals surface area contributed by atoms with Crippen LogP contribution < -0.4 is 0 Å². The van der Waals surface area contributed by atoms with Gasteiger partial charge >= 0.3 is 5.97 Å². The van der Waals surface area contributed by atoms with Crippen molar-refractivity contribution in [1.29, 1.82) is 0 Å². The molecule has 0 aromatic heterocycles. The van der Waals surface area contributed by atoms with Gasteiger partial charge in [-0.25, -0.2) is 13.2 Å². The van der Waals surface area contributed by atoms with Gasteiger partial charge in [0.15, 0.2) is 12.4 Å². The van der Waals surface area contributed by atoms with Gasteiger partial charge in [-0.05, 0) is 80.9 Å². The molecule has 0 atom stereocenters. The maximum absolute atomic E-state index is 13.2. The molecule has 0 amide bonds. The van der Waals surface area contributed by atoms with E-state index in [4.69, 9.17) is 9.47 Å². The Labute approximate surface area is 189 Å². The van der Waals surface area contributed by atoms with Gasteiger partial charge in [-0.1, -0.05) is 6.07 Å². The Bertz CT molecular complexity index is 992. The highest BCUT2D eigenvalue weighted by Gasteiger charge is 2.54. The van der Waals surface area contributed by atoms with Crippen LogP contribution in [0.25, 0.3) is 0 Å². The quantitative estimate of drug-likeness (QED) is 0.605. The van der Waals surface area contributed by atoms with Crippen LogP contribution in [0.2, 0.25) is 0 Å². The number of nitrogens with zero attached hydrogens (tertiary/aromatic N) is 1. The highest BCUT2D eigenvalue weighted by Crippen LogP contribution is 2.60. The highest BCUT2D eigenvalue weighted by atomic mass is 32.2. The van der Waals surface area contributed by atoms with Crippen molar-refractivity contribution in [2.24, 2.45) is 23.2 Å². The van der Waals surface area contributed by atoms with Gasteiger partial charge in [-0.15, -0.1) is 0 Å². The van der Waals surface area contributed by atoms with Crippen LogP contribution in [0.3, 0.4) is 0 Å². The molecule has 1 aromatic rings. The smallest absolute Gasteiger partial charge is 0.338 e. The monoisotopic (exact) mass is 461 g/mol. The van der Waals surface area contributed by atoms with Crippen LogP contribution >= 0.6 is 0 Å². The number of hydrogen-bond acceptors (Lipinski definition) is 6. The fourth-order valence-corrected chi connectivity index (χ4v) is 8.17. The molecule has 1 aliphatic heterocycles. The third-order valence-corrected chi connectivity index (χ3v) is 9.90. The van der Waals surface area contributed by atoms with Crippen LogP contribution in [0.15, 0.2) is 23.1 Å². The largest absolute Gasteiger partial charge is 0.454 e. The molecule has 1 aromatic carbocycles. The van der Waals surface area contributed by atoms with Crippen LogP contribution in [0.5, 0.6) is 0 Å². The van der Waals surface area contributed by atoms with Gasteiger partial charge in [0.1, 0.15) is 0 Å². The molecule has 4 bridgehead atoms. The zero-order valence-electron chi connectivity index (χ0n) is 18.5. The second-order valence-corrected chi connectivity index (χ2v) is 12.1. The first-order valence-electron chi connectivity index (χ1n) is 11.7. The Morgan fingerprint density at radius 2 is 1.66 bits per heavy atom. The first kappa shape index (κ1) is 22.0. The number of Topliss-reactive ketones (excluding diaryl/α,β-unsaturated/α-hetero) is 1. The number of sulfonamides is 1. The standard InChI is InChI=1S/C24H31NO6S/c1-16-2-3-20(32(28,29)25-4-6-30-7-5-25)11-21(16)23(27)31-15-22(26)24-12-17-8-18(13-24)10-19(9-17)14-24/h2-3,11,17-19H,4-10,12-15H2,1H3. The lowest BCUT2D eigenvalue weighted by Crippen LogP contribution is -2.51. The second-order valence-electron chi connectivity index (χ2n) is 10.2. The van der Waals surface area contributed by atoms with Gasteiger partial charge < -0.3 is 9.47 Å². The van der Waals surface area contributed by atoms with Crippen LogP contribution in [0.1, 0.15) is 54.4 Å². The van der Waals surface area contributed by atoms with E-state index in [1.165, 1.54) is 35.7 Å². The minimum absolute atomic E-state index is 0.0414. The molecule has 5 aliphatic rings. The molecule has 0 N–H and O–H groups in total. The topological polar surface area (TPSA) is 90.0 Å². The van der Waals surface area contributed by atoms with Crippen LogP contribution in [-0.4, -0.2) is 57.4 Å². The number of aryl methyl sites for hydroxylation is 1. The zero-order valence-corrected chi connectivity index (χ0v) is 19.4. The number of hydrogen-bond donors (Lipinski definition) is 0. The molecular weight excluding hydrogens is 430 g/mol. The summed E-state index contributed by atoms with van der Waals surface area (Å²) in [7, 11) is -3.72. The summed E-state index contributed by atoms with van der Waals surface area (Å²) in [6.07, 6.45) is 6.53. The average Bonchev–Trinajstić information content (AvgIpc) is 2.77. The predicted molar refractivity (Wildman–Crippen MR) is 117 cm³/mol. The van der Waals surface area contributed by atoms with E-state index in [0.717, 1.165) is 19.3 Å². The zero-order chi connectivity index (χ0) is 22.5. The lowest BCUT2D eigenvalue weighted by atomic mass is 9.48. The highest BCUT2D eigenvalue weighted by molar-refractivity contribution is 7.89. The summed E-state index contributed by atoms with van der Waals surface area (Å²) >= 11 is 0. The van der Waals surface area contributed by atoms with Crippen molar-refractivity contribution < 1.29 is 27.5 Å². The average molecular weight is 462 g/mol. The van der Waals surface area contributed by atoms with E-state index in [-0.39, 0.29) is 41.4 Å². The Morgan fingerprint density at radius 1 is 1.06 bits per heavy atom. The molecule has 174 valence electrons. The molecule has 1 saturated heterocycles. The van der Waals surface area contributed by atoms with E-state index in [9.17, 15) is 18.0 Å². The number of ether oxygens (including phenoxy) is 2. The minimum atomic E-state index is -3.72. The molecule has 8 heteroatoms. The summed E-state index contributed by atoms with van der Waals surface area (Å²) < 4.78 is 38.0. The summed E-state index contributed by atoms with van der Waals surface area (Å²) in [5.41, 5.74) is 0.502. The van der Waals surface area contributed by atoms with Gasteiger partial charge in [-0.3, -0.25) is 4.79 Å². The third-order valence-electron chi connectivity index (χ3n) is 8.00. The SMILES string of the molecule is Cc1ccc(S(=O)(=O)N2CCOCC2)cc1C(=O)OCC(=O)C12CC3CC(CC(C3)C1)C2. The van der Waals surface area contributed by atoms with E-state index in [1.54, 1.807) is 13.0 Å². The number of morpholine rings is 1. The molecule has 1 heterocycles. The Hall–Kier alpha value is -1.77. The number of benzene rings is 1. The number of esters is 1. The first-order chi connectivity index (χ1) is 15.3. The van der Waals surface area contributed by atoms with Gasteiger partial charge in [0.2, 0.25) is 10.0 Å². The maximum Gasteiger partial charge on any atom is 0.338 e. The van der Waals surface area contributed by atoms with Crippen molar-refractivity contribution in [2.45, 2.75) is 50.3 Å². The van der Waals surface area contributed by atoms with Crippen molar-refractivity contribution in [1.82, 2.24) is 4.31 Å². The molecule has 4 saturated carbocycles. The molecule has 5 fully saturated rings. The molecule has 4 aliphatic carbocycles. The number of carbonyl (C=O) groups is 2. The van der Waals surface area contributed by atoms with E-state index in [1.807, 2.05) is 0 Å². The molecule has 6 rings (SSSR count). The fraction of sp³-hybridized carbons (Fsp3) is 0.667. The Morgan fingerprint density at radius 3 is 2.25 bits per heavy atom. The number of carbonyl (C=O) groups excluding carboxylic acids is 2. The van der Waals surface area contributed by atoms with Crippen molar-refractivity contribution >= 4 is 21.8 Å². The van der Waals surface area contributed by atoms with Crippen LogP contribution in [-0.2, 0) is 24.3 Å². The lowest BCUT2D eigenvalue weighted by molar-refractivity contribution is -0.147. The summed E-state index contributed by atoms with van der Waals surface area (Å²) in [5, 5.41) is 0.